The number of nitrogens with zero attached hydrogens (tertiary/aromatic N) is 2. The van der Waals surface area contributed by atoms with E-state index in [1.165, 1.54) is 30.1 Å². The number of hydrogen-bond acceptors (Lipinski definition) is 4. The summed E-state index contributed by atoms with van der Waals surface area (Å²) in [6.07, 6.45) is 2.94. The number of ketones is 1. The Labute approximate surface area is 108 Å². The van der Waals surface area contributed by atoms with Gasteiger partial charge in [0.2, 0.25) is 5.78 Å². The fourth-order valence-corrected chi connectivity index (χ4v) is 2.76. The molecule has 0 spiro atoms. The smallest absolute Gasteiger partial charge is 0.276 e. The van der Waals surface area contributed by atoms with E-state index in [0.717, 1.165) is 0 Å². The van der Waals surface area contributed by atoms with E-state index in [1.807, 2.05) is 0 Å². The van der Waals surface area contributed by atoms with Gasteiger partial charge < -0.3 is 4.57 Å². The summed E-state index contributed by atoms with van der Waals surface area (Å²) in [6.45, 7) is 1.73. The van der Waals surface area contributed by atoms with Crippen LogP contribution in [-0.4, -0.2) is 29.0 Å². The van der Waals surface area contributed by atoms with Gasteiger partial charge >= 0.3 is 0 Å². The number of carbonyl (C=O) groups excluding carboxylic acids is 1. The third kappa shape index (κ3) is 2.19. The maximum atomic E-state index is 12.1. The Kier molecular flexibility index (Phi) is 3.04. The molecule has 96 valence electrons. The first kappa shape index (κ1) is 12.8. The van der Waals surface area contributed by atoms with Crippen molar-refractivity contribution < 1.29 is 13.2 Å². The third-order valence-corrected chi connectivity index (χ3v) is 3.91. The summed E-state index contributed by atoms with van der Waals surface area (Å²) in [4.78, 5) is 12.1. The van der Waals surface area contributed by atoms with Crippen LogP contribution in [0.5, 0.6) is 0 Å². The number of nitrogens with one attached hydrogen (secondary N) is 1. The SMILES string of the molecule is Cc1cn[nH]c1C(=O)c1cc(S(=O)(=O)Cl)n(C)c1. The van der Waals surface area contributed by atoms with Crippen LogP contribution in [0, 0.1) is 6.92 Å². The Balaban J connectivity index is 2.49. The molecule has 0 aliphatic heterocycles. The van der Waals surface area contributed by atoms with E-state index in [0.29, 0.717) is 11.3 Å². The van der Waals surface area contributed by atoms with Crippen molar-refractivity contribution in [1.82, 2.24) is 14.8 Å². The zero-order valence-corrected chi connectivity index (χ0v) is 11.2. The second-order valence-electron chi connectivity index (χ2n) is 3.87. The number of hydrogen-bond donors (Lipinski definition) is 1. The predicted molar refractivity (Wildman–Crippen MR) is 65.2 cm³/mol. The highest BCUT2D eigenvalue weighted by molar-refractivity contribution is 8.13. The number of carbonyl (C=O) groups is 1. The molecule has 2 heterocycles. The van der Waals surface area contributed by atoms with E-state index in [1.54, 1.807) is 6.92 Å². The van der Waals surface area contributed by atoms with Gasteiger partial charge in [0.15, 0.2) is 5.03 Å². The molecule has 0 aliphatic rings. The lowest BCUT2D eigenvalue weighted by molar-refractivity contribution is 0.103. The molecule has 0 bridgehead atoms. The summed E-state index contributed by atoms with van der Waals surface area (Å²) in [5.41, 5.74) is 1.27. The quantitative estimate of drug-likeness (QED) is 0.679. The van der Waals surface area contributed by atoms with Crippen molar-refractivity contribution in [2.24, 2.45) is 7.05 Å². The minimum Gasteiger partial charge on any atom is -0.340 e. The molecule has 18 heavy (non-hydrogen) atoms. The molecule has 6 nitrogen and oxygen atoms in total. The second kappa shape index (κ2) is 4.25. The van der Waals surface area contributed by atoms with Crippen LogP contribution in [-0.2, 0) is 16.1 Å². The summed E-state index contributed by atoms with van der Waals surface area (Å²) in [6, 6.07) is 1.24. The summed E-state index contributed by atoms with van der Waals surface area (Å²) in [7, 11) is 2.90. The van der Waals surface area contributed by atoms with Crippen molar-refractivity contribution in [2.75, 3.05) is 0 Å². The van der Waals surface area contributed by atoms with Crippen molar-refractivity contribution in [2.45, 2.75) is 11.9 Å². The zero-order chi connectivity index (χ0) is 13.5. The summed E-state index contributed by atoms with van der Waals surface area (Å²) in [5.74, 6) is -0.327. The molecule has 8 heteroatoms. The first-order chi connectivity index (χ1) is 8.30. The number of aromatic nitrogens is 3. The summed E-state index contributed by atoms with van der Waals surface area (Å²) in [5, 5.41) is 6.21. The molecule has 2 aromatic rings. The highest BCUT2D eigenvalue weighted by Crippen LogP contribution is 2.20. The highest BCUT2D eigenvalue weighted by Gasteiger charge is 2.21. The van der Waals surface area contributed by atoms with Gasteiger partial charge in [0.05, 0.1) is 6.20 Å². The van der Waals surface area contributed by atoms with E-state index < -0.39 is 9.05 Å². The average molecular weight is 288 g/mol. The van der Waals surface area contributed by atoms with Crippen molar-refractivity contribution in [1.29, 1.82) is 0 Å². The molecule has 1 N–H and O–H groups in total. The number of rotatable bonds is 3. The largest absolute Gasteiger partial charge is 0.340 e. The Bertz CT molecular complexity index is 715. The fourth-order valence-electron chi connectivity index (χ4n) is 1.63. The van der Waals surface area contributed by atoms with Crippen LogP contribution in [0.4, 0.5) is 0 Å². The summed E-state index contributed by atoms with van der Waals surface area (Å²) < 4.78 is 23.8. The molecule has 2 aromatic heterocycles. The molecule has 0 radical (unpaired) electrons. The number of H-pyrrole nitrogens is 1. The van der Waals surface area contributed by atoms with Crippen LogP contribution in [0.1, 0.15) is 21.6 Å². The van der Waals surface area contributed by atoms with Crippen molar-refractivity contribution in [3.63, 3.8) is 0 Å². The third-order valence-electron chi connectivity index (χ3n) is 2.53. The van der Waals surface area contributed by atoms with Crippen molar-refractivity contribution >= 4 is 25.5 Å². The van der Waals surface area contributed by atoms with Gasteiger partial charge in [-0.2, -0.15) is 5.10 Å². The van der Waals surface area contributed by atoms with E-state index in [4.69, 9.17) is 10.7 Å². The molecule has 0 aromatic carbocycles. The van der Waals surface area contributed by atoms with Gasteiger partial charge in [-0.05, 0) is 18.6 Å². The van der Waals surface area contributed by atoms with Gasteiger partial charge in [0.25, 0.3) is 9.05 Å². The Morgan fingerprint density at radius 1 is 1.50 bits per heavy atom. The molecule has 0 saturated heterocycles. The maximum absolute atomic E-state index is 12.1. The standard InChI is InChI=1S/C10H10ClN3O3S/c1-6-4-12-13-9(6)10(15)7-3-8(14(2)5-7)18(11,16)17/h3-5H,1-2H3,(H,12,13). The van der Waals surface area contributed by atoms with Crippen LogP contribution in [0.15, 0.2) is 23.5 Å². The maximum Gasteiger partial charge on any atom is 0.276 e. The second-order valence-corrected chi connectivity index (χ2v) is 6.39. The van der Waals surface area contributed by atoms with E-state index in [-0.39, 0.29) is 16.4 Å². The lowest BCUT2D eigenvalue weighted by atomic mass is 10.1. The Hall–Kier alpha value is -1.60. The highest BCUT2D eigenvalue weighted by atomic mass is 35.7. The fraction of sp³-hybridized carbons (Fsp3) is 0.200. The zero-order valence-electron chi connectivity index (χ0n) is 9.64. The topological polar surface area (TPSA) is 84.8 Å². The van der Waals surface area contributed by atoms with Crippen LogP contribution in [0.25, 0.3) is 0 Å². The molecule has 0 saturated carbocycles. The lowest BCUT2D eigenvalue weighted by Gasteiger charge is -1.95. The predicted octanol–water partition coefficient (Wildman–Crippen LogP) is 1.22. The van der Waals surface area contributed by atoms with Gasteiger partial charge in [0.1, 0.15) is 5.69 Å². The Morgan fingerprint density at radius 2 is 2.17 bits per heavy atom. The molecule has 0 aliphatic carbocycles. The van der Waals surface area contributed by atoms with Gasteiger partial charge in [-0.25, -0.2) is 8.42 Å². The molecule has 0 unspecified atom stereocenters. The van der Waals surface area contributed by atoms with Gasteiger partial charge in [-0.15, -0.1) is 0 Å². The van der Waals surface area contributed by atoms with E-state index in [2.05, 4.69) is 10.2 Å². The first-order valence-corrected chi connectivity index (χ1v) is 7.27. The molecule has 0 fully saturated rings. The first-order valence-electron chi connectivity index (χ1n) is 4.96. The van der Waals surface area contributed by atoms with E-state index in [9.17, 15) is 13.2 Å². The summed E-state index contributed by atoms with van der Waals surface area (Å²) >= 11 is 0. The number of aromatic amines is 1. The van der Waals surface area contributed by atoms with Gasteiger partial charge in [0, 0.05) is 29.5 Å². The van der Waals surface area contributed by atoms with Crippen molar-refractivity contribution in [3.05, 3.63) is 35.3 Å². The Morgan fingerprint density at radius 3 is 2.61 bits per heavy atom. The van der Waals surface area contributed by atoms with Crippen LogP contribution >= 0.6 is 10.7 Å². The average Bonchev–Trinajstić information content (AvgIpc) is 2.82. The molecule has 0 amide bonds. The van der Waals surface area contributed by atoms with Crippen LogP contribution in [0.2, 0.25) is 0 Å². The molecular weight excluding hydrogens is 278 g/mol. The lowest BCUT2D eigenvalue weighted by Crippen LogP contribution is -2.02. The number of aryl methyl sites for hydroxylation is 2. The molecular formula is C10H10ClN3O3S. The van der Waals surface area contributed by atoms with Crippen LogP contribution in [0.3, 0.4) is 0 Å². The minimum absolute atomic E-state index is 0.121. The minimum atomic E-state index is -3.87. The number of halogens is 1. The van der Waals surface area contributed by atoms with Crippen molar-refractivity contribution in [3.8, 4) is 0 Å². The molecule has 0 atom stereocenters. The van der Waals surface area contributed by atoms with Gasteiger partial charge in [-0.1, -0.05) is 0 Å². The van der Waals surface area contributed by atoms with Crippen LogP contribution < -0.4 is 0 Å². The molecule has 2 rings (SSSR count). The van der Waals surface area contributed by atoms with E-state index >= 15 is 0 Å². The normalized spacial score (nSPS) is 11.7. The van der Waals surface area contributed by atoms with Gasteiger partial charge in [-0.3, -0.25) is 9.89 Å². The monoisotopic (exact) mass is 287 g/mol.